The molecule has 0 aliphatic heterocycles. The lowest BCUT2D eigenvalue weighted by atomic mass is 10.1. The first-order chi connectivity index (χ1) is 15.0. The number of carbonyl (C=O) groups excluding carboxylic acids is 2. The fraction of sp³-hybridized carbons (Fsp3) is 0.875. The van der Waals surface area contributed by atoms with Crippen molar-refractivity contribution in [2.45, 2.75) is 116 Å². The lowest BCUT2D eigenvalue weighted by molar-refractivity contribution is -0.122. The van der Waals surface area contributed by atoms with E-state index in [0.717, 1.165) is 9.28 Å². The van der Waals surface area contributed by atoms with E-state index in [4.69, 9.17) is 17.0 Å². The monoisotopic (exact) mass is 506 g/mol. The Morgan fingerprint density at radius 3 is 1.84 bits per heavy atom. The van der Waals surface area contributed by atoms with Crippen molar-refractivity contribution in [3.63, 3.8) is 0 Å². The number of thioether (sulfide) groups is 2. The summed E-state index contributed by atoms with van der Waals surface area (Å²) in [6.07, 6.45) is 12.8. The highest BCUT2D eigenvalue weighted by Gasteiger charge is 2.29. The summed E-state index contributed by atoms with van der Waals surface area (Å²) in [5.74, 6) is 0.926. The molecule has 0 heterocycles. The van der Waals surface area contributed by atoms with Crippen LogP contribution >= 0.6 is 35.7 Å². The van der Waals surface area contributed by atoms with Gasteiger partial charge in [-0.3, -0.25) is 4.79 Å². The van der Waals surface area contributed by atoms with Crippen LogP contribution in [-0.4, -0.2) is 44.7 Å². The zero-order valence-electron chi connectivity index (χ0n) is 21.1. The minimum Gasteiger partial charge on any atom is -0.444 e. The second kappa shape index (κ2) is 17.9. The molecule has 0 radical (unpaired) electrons. The van der Waals surface area contributed by atoms with E-state index in [1.807, 2.05) is 34.6 Å². The Morgan fingerprint density at radius 1 is 0.812 bits per heavy atom. The summed E-state index contributed by atoms with van der Waals surface area (Å²) in [6.45, 7) is 12.1. The molecular weight excluding hydrogens is 460 g/mol. The van der Waals surface area contributed by atoms with Gasteiger partial charge in [-0.15, -0.1) is 11.8 Å². The van der Waals surface area contributed by atoms with Gasteiger partial charge in [-0.25, -0.2) is 4.79 Å². The maximum atomic E-state index is 12.5. The summed E-state index contributed by atoms with van der Waals surface area (Å²) in [7, 11) is 0. The van der Waals surface area contributed by atoms with Gasteiger partial charge >= 0.3 is 6.09 Å². The third-order valence-corrected chi connectivity index (χ3v) is 7.48. The van der Waals surface area contributed by atoms with E-state index in [1.165, 1.54) is 76.0 Å². The van der Waals surface area contributed by atoms with Gasteiger partial charge in [0, 0.05) is 13.1 Å². The highest BCUT2D eigenvalue weighted by atomic mass is 32.2. The first kappa shape index (κ1) is 31.5. The van der Waals surface area contributed by atoms with Gasteiger partial charge in [-0.2, -0.15) is 0 Å². The maximum Gasteiger partial charge on any atom is 0.407 e. The molecule has 0 saturated carbocycles. The summed E-state index contributed by atoms with van der Waals surface area (Å²) >= 11 is 8.59. The molecule has 5 nitrogen and oxygen atoms in total. The van der Waals surface area contributed by atoms with Crippen LogP contribution < -0.4 is 10.6 Å². The van der Waals surface area contributed by atoms with Crippen LogP contribution in [0.4, 0.5) is 4.79 Å². The van der Waals surface area contributed by atoms with E-state index >= 15 is 0 Å². The van der Waals surface area contributed by atoms with Crippen LogP contribution in [0.5, 0.6) is 0 Å². The van der Waals surface area contributed by atoms with Crippen LogP contribution in [0.1, 0.15) is 106 Å². The normalized spacial score (nSPS) is 11.8. The van der Waals surface area contributed by atoms with Crippen molar-refractivity contribution in [1.29, 1.82) is 0 Å². The Balaban J connectivity index is 3.83. The third kappa shape index (κ3) is 19.0. The zero-order valence-corrected chi connectivity index (χ0v) is 23.6. The topological polar surface area (TPSA) is 67.4 Å². The van der Waals surface area contributed by atoms with E-state index in [-0.39, 0.29) is 5.91 Å². The molecule has 0 aliphatic carbocycles. The van der Waals surface area contributed by atoms with Crippen molar-refractivity contribution >= 4 is 51.3 Å². The van der Waals surface area contributed by atoms with Crippen molar-refractivity contribution in [3.8, 4) is 0 Å². The second-order valence-electron chi connectivity index (χ2n) is 9.58. The number of hydrogen-bond donors (Lipinski definition) is 2. The van der Waals surface area contributed by atoms with E-state index in [0.29, 0.717) is 13.1 Å². The van der Waals surface area contributed by atoms with Gasteiger partial charge in [-0.1, -0.05) is 88.7 Å². The zero-order chi connectivity index (χ0) is 24.5. The molecule has 2 amide bonds. The standard InChI is InChI=1S/C24H46N2O3S3/c1-7-8-9-10-11-12-13-14-15-16-19-31-22(30)32-24(5,6)20(27)25-17-18-26-21(28)29-23(2,3)4/h7-19H2,1-6H3,(H,25,27)(H,26,28). The van der Waals surface area contributed by atoms with Crippen LogP contribution in [0.15, 0.2) is 0 Å². The molecule has 0 aromatic heterocycles. The van der Waals surface area contributed by atoms with Gasteiger partial charge in [0.15, 0.2) is 0 Å². The van der Waals surface area contributed by atoms with Gasteiger partial charge in [-0.05, 0) is 46.8 Å². The second-order valence-corrected chi connectivity index (χ2v) is 13.5. The van der Waals surface area contributed by atoms with Crippen LogP contribution in [0.2, 0.25) is 0 Å². The van der Waals surface area contributed by atoms with Crippen molar-refractivity contribution in [1.82, 2.24) is 10.6 Å². The van der Waals surface area contributed by atoms with Gasteiger partial charge in [0.1, 0.15) is 9.13 Å². The van der Waals surface area contributed by atoms with E-state index in [2.05, 4.69) is 17.6 Å². The molecule has 0 aromatic rings. The van der Waals surface area contributed by atoms with E-state index in [1.54, 1.807) is 11.8 Å². The van der Waals surface area contributed by atoms with E-state index < -0.39 is 16.4 Å². The number of alkyl carbamates (subject to hydrolysis) is 1. The molecule has 0 rings (SSSR count). The average molecular weight is 507 g/mol. The van der Waals surface area contributed by atoms with Crippen LogP contribution in [0, 0.1) is 0 Å². The molecule has 2 N–H and O–H groups in total. The number of carbonyl (C=O) groups is 2. The summed E-state index contributed by atoms with van der Waals surface area (Å²) in [5.41, 5.74) is -0.535. The molecular formula is C24H46N2O3S3. The number of unbranched alkanes of at least 4 members (excludes halogenated alkanes) is 9. The number of thiocarbonyl (C=S) groups is 1. The van der Waals surface area contributed by atoms with Crippen molar-refractivity contribution < 1.29 is 14.3 Å². The number of rotatable bonds is 16. The number of nitrogens with one attached hydrogen (secondary N) is 2. The van der Waals surface area contributed by atoms with Gasteiger partial charge in [0.05, 0.1) is 4.75 Å². The van der Waals surface area contributed by atoms with E-state index in [9.17, 15) is 9.59 Å². The summed E-state index contributed by atoms with van der Waals surface area (Å²) in [4.78, 5) is 24.1. The first-order valence-corrected chi connectivity index (χ1v) is 14.3. The van der Waals surface area contributed by atoms with Crippen molar-refractivity contribution in [2.75, 3.05) is 18.8 Å². The van der Waals surface area contributed by atoms with Crippen LogP contribution in [0.3, 0.4) is 0 Å². The molecule has 8 heteroatoms. The Hall–Kier alpha value is -0.470. The first-order valence-electron chi connectivity index (χ1n) is 12.1. The van der Waals surface area contributed by atoms with Crippen molar-refractivity contribution in [3.05, 3.63) is 0 Å². The fourth-order valence-corrected chi connectivity index (χ4v) is 5.98. The molecule has 0 spiro atoms. The summed E-state index contributed by atoms with van der Waals surface area (Å²) < 4.78 is 5.34. The Labute approximate surface area is 210 Å². The van der Waals surface area contributed by atoms with Gasteiger partial charge in [0.2, 0.25) is 5.91 Å². The SMILES string of the molecule is CCCCCCCCCCCCSC(=S)SC(C)(C)C(=O)NCCNC(=O)OC(C)(C)C. The number of ether oxygens (including phenoxy) is 1. The lowest BCUT2D eigenvalue weighted by Crippen LogP contribution is -2.44. The predicted octanol–water partition coefficient (Wildman–Crippen LogP) is 7.08. The molecule has 0 atom stereocenters. The molecule has 0 saturated heterocycles. The highest BCUT2D eigenvalue weighted by Crippen LogP contribution is 2.31. The summed E-state index contributed by atoms with van der Waals surface area (Å²) in [6, 6.07) is 0. The van der Waals surface area contributed by atoms with Gasteiger partial charge < -0.3 is 15.4 Å². The van der Waals surface area contributed by atoms with Gasteiger partial charge in [0.25, 0.3) is 0 Å². The van der Waals surface area contributed by atoms with Crippen LogP contribution in [0.25, 0.3) is 0 Å². The Kier molecular flexibility index (Phi) is 17.7. The molecule has 0 fully saturated rings. The fourth-order valence-electron chi connectivity index (χ4n) is 2.90. The molecule has 0 bridgehead atoms. The summed E-state index contributed by atoms with van der Waals surface area (Å²) in [5, 5.41) is 5.50. The van der Waals surface area contributed by atoms with Crippen LogP contribution in [-0.2, 0) is 9.53 Å². The molecule has 0 aromatic carbocycles. The molecule has 0 aliphatic rings. The quantitative estimate of drug-likeness (QED) is 0.172. The minimum absolute atomic E-state index is 0.0876. The highest BCUT2D eigenvalue weighted by molar-refractivity contribution is 8.47. The molecule has 188 valence electrons. The number of amides is 2. The van der Waals surface area contributed by atoms with Crippen molar-refractivity contribution in [2.24, 2.45) is 0 Å². The Morgan fingerprint density at radius 2 is 1.31 bits per heavy atom. The maximum absolute atomic E-state index is 12.5. The predicted molar refractivity (Wildman–Crippen MR) is 146 cm³/mol. The largest absolute Gasteiger partial charge is 0.444 e. The third-order valence-electron chi connectivity index (χ3n) is 4.68. The minimum atomic E-state index is -0.645. The Bertz CT molecular complexity index is 549. The number of hydrogen-bond acceptors (Lipinski definition) is 6. The molecule has 0 unspecified atom stereocenters. The molecule has 32 heavy (non-hydrogen) atoms. The average Bonchev–Trinajstić information content (AvgIpc) is 2.67. The smallest absolute Gasteiger partial charge is 0.407 e. The lowest BCUT2D eigenvalue weighted by Gasteiger charge is -2.23.